The molecule has 0 spiro atoms. The van der Waals surface area contributed by atoms with Crippen molar-refractivity contribution in [3.05, 3.63) is 53.2 Å². The molecule has 3 aromatic rings. The van der Waals surface area contributed by atoms with Crippen molar-refractivity contribution in [3.63, 3.8) is 0 Å². The lowest BCUT2D eigenvalue weighted by atomic mass is 10.1. The van der Waals surface area contributed by atoms with Gasteiger partial charge in [-0.3, -0.25) is 0 Å². The van der Waals surface area contributed by atoms with Crippen LogP contribution in [0.2, 0.25) is 0 Å². The first-order valence-corrected chi connectivity index (χ1v) is 8.11. The second-order valence-corrected chi connectivity index (χ2v) is 6.12. The quantitative estimate of drug-likeness (QED) is 0.735. The van der Waals surface area contributed by atoms with Gasteiger partial charge in [0.1, 0.15) is 17.0 Å². The minimum Gasteiger partial charge on any atom is -0.366 e. The highest BCUT2D eigenvalue weighted by Crippen LogP contribution is 2.24. The van der Waals surface area contributed by atoms with E-state index in [1.165, 1.54) is 5.56 Å². The van der Waals surface area contributed by atoms with Crippen molar-refractivity contribution in [2.75, 3.05) is 5.32 Å². The van der Waals surface area contributed by atoms with E-state index in [-0.39, 0.29) is 6.04 Å². The van der Waals surface area contributed by atoms with Crippen LogP contribution in [-0.2, 0) is 0 Å². The molecule has 1 atom stereocenters. The molecule has 0 fully saturated rings. The summed E-state index contributed by atoms with van der Waals surface area (Å²) in [6.07, 6.45) is 2.37. The summed E-state index contributed by atoms with van der Waals surface area (Å²) < 4.78 is 0. The first-order valence-electron chi connectivity index (χ1n) is 7.23. The van der Waals surface area contributed by atoms with Crippen molar-refractivity contribution in [1.29, 1.82) is 0 Å². The average Bonchev–Trinajstić information content (AvgIpc) is 2.99. The second-order valence-electron chi connectivity index (χ2n) is 5.23. The van der Waals surface area contributed by atoms with Crippen LogP contribution in [0.5, 0.6) is 0 Å². The molecule has 2 aromatic heterocycles. The molecule has 0 aliphatic heterocycles. The van der Waals surface area contributed by atoms with Crippen molar-refractivity contribution >= 4 is 27.4 Å². The van der Waals surface area contributed by atoms with Crippen molar-refractivity contribution in [3.8, 4) is 11.8 Å². The number of hydrogen-bond donors (Lipinski definition) is 1. The largest absolute Gasteiger partial charge is 0.366 e. The van der Waals surface area contributed by atoms with Gasteiger partial charge in [0.2, 0.25) is 0 Å². The van der Waals surface area contributed by atoms with Crippen LogP contribution in [0.4, 0.5) is 5.82 Å². The molecular formula is C18H17N3S. The molecule has 1 N–H and O–H groups in total. The fourth-order valence-electron chi connectivity index (χ4n) is 2.20. The second kappa shape index (κ2) is 6.59. The van der Waals surface area contributed by atoms with Gasteiger partial charge in [-0.2, -0.15) is 0 Å². The number of aryl methyl sites for hydroxylation is 1. The highest BCUT2D eigenvalue weighted by atomic mass is 32.1. The number of aromatic nitrogens is 2. The van der Waals surface area contributed by atoms with Crippen LogP contribution in [-0.4, -0.2) is 16.0 Å². The van der Waals surface area contributed by atoms with Gasteiger partial charge in [0.15, 0.2) is 0 Å². The molecule has 0 saturated heterocycles. The molecule has 0 bridgehead atoms. The van der Waals surface area contributed by atoms with Gasteiger partial charge in [-0.05, 0) is 36.9 Å². The van der Waals surface area contributed by atoms with Gasteiger partial charge in [-0.25, -0.2) is 9.97 Å². The smallest absolute Gasteiger partial charge is 0.138 e. The van der Waals surface area contributed by atoms with Crippen LogP contribution in [0.25, 0.3) is 10.2 Å². The fourth-order valence-corrected chi connectivity index (χ4v) is 2.93. The number of nitrogens with one attached hydrogen (secondary N) is 1. The van der Waals surface area contributed by atoms with Gasteiger partial charge in [-0.15, -0.1) is 11.3 Å². The Morgan fingerprint density at radius 2 is 2.09 bits per heavy atom. The van der Waals surface area contributed by atoms with Gasteiger partial charge in [0.25, 0.3) is 0 Å². The Morgan fingerprint density at radius 1 is 1.23 bits per heavy atom. The lowest BCUT2D eigenvalue weighted by Gasteiger charge is -2.11. The van der Waals surface area contributed by atoms with Crippen molar-refractivity contribution in [2.24, 2.45) is 0 Å². The number of benzene rings is 1. The number of nitrogens with zero attached hydrogens (tertiary/aromatic N) is 2. The van der Waals surface area contributed by atoms with Crippen LogP contribution in [0.1, 0.15) is 24.5 Å². The lowest BCUT2D eigenvalue weighted by Crippen LogP contribution is -2.15. The van der Waals surface area contributed by atoms with E-state index in [2.05, 4.69) is 53.1 Å². The molecule has 3 rings (SSSR count). The topological polar surface area (TPSA) is 37.8 Å². The summed E-state index contributed by atoms with van der Waals surface area (Å²) in [4.78, 5) is 9.61. The SMILES string of the molecule is Cc1ccccc1C#CCC(C)Nc1ncnc2sccc12. The van der Waals surface area contributed by atoms with Gasteiger partial charge >= 0.3 is 0 Å². The number of fused-ring (bicyclic) bond motifs is 1. The highest BCUT2D eigenvalue weighted by molar-refractivity contribution is 7.16. The normalized spacial score (nSPS) is 11.7. The molecule has 3 nitrogen and oxygen atoms in total. The van der Waals surface area contributed by atoms with Crippen LogP contribution in [0.3, 0.4) is 0 Å². The summed E-state index contributed by atoms with van der Waals surface area (Å²) in [7, 11) is 0. The molecule has 1 aromatic carbocycles. The molecule has 0 radical (unpaired) electrons. The van der Waals surface area contributed by atoms with Crippen molar-refractivity contribution < 1.29 is 0 Å². The molecule has 4 heteroatoms. The predicted molar refractivity (Wildman–Crippen MR) is 93.2 cm³/mol. The number of hydrogen-bond acceptors (Lipinski definition) is 4. The van der Waals surface area contributed by atoms with Crippen LogP contribution in [0.15, 0.2) is 42.0 Å². The molecule has 22 heavy (non-hydrogen) atoms. The Morgan fingerprint density at radius 3 is 2.95 bits per heavy atom. The summed E-state index contributed by atoms with van der Waals surface area (Å²) in [5.41, 5.74) is 2.31. The maximum atomic E-state index is 4.34. The van der Waals surface area contributed by atoms with Crippen LogP contribution >= 0.6 is 11.3 Å². The maximum absolute atomic E-state index is 4.34. The van der Waals surface area contributed by atoms with E-state index in [4.69, 9.17) is 0 Å². The third kappa shape index (κ3) is 3.26. The minimum absolute atomic E-state index is 0.231. The first kappa shape index (κ1) is 14.6. The first-order chi connectivity index (χ1) is 10.7. The molecule has 0 aliphatic carbocycles. The summed E-state index contributed by atoms with van der Waals surface area (Å²) in [6, 6.07) is 10.5. The Balaban J connectivity index is 1.68. The van der Waals surface area contributed by atoms with Gasteiger partial charge in [0.05, 0.1) is 5.39 Å². The van der Waals surface area contributed by atoms with Gasteiger partial charge in [-0.1, -0.05) is 30.0 Å². The van der Waals surface area contributed by atoms with E-state index in [0.717, 1.165) is 28.0 Å². The van der Waals surface area contributed by atoms with E-state index >= 15 is 0 Å². The molecule has 2 heterocycles. The molecule has 110 valence electrons. The average molecular weight is 307 g/mol. The molecule has 0 amide bonds. The molecular weight excluding hydrogens is 290 g/mol. The third-order valence-electron chi connectivity index (χ3n) is 3.42. The number of rotatable bonds is 3. The van der Waals surface area contributed by atoms with Crippen molar-refractivity contribution in [1.82, 2.24) is 9.97 Å². The van der Waals surface area contributed by atoms with E-state index in [1.54, 1.807) is 17.7 Å². The van der Waals surface area contributed by atoms with Crippen LogP contribution < -0.4 is 5.32 Å². The lowest BCUT2D eigenvalue weighted by molar-refractivity contribution is 0.822. The Kier molecular flexibility index (Phi) is 4.36. The Labute approximate surface area is 134 Å². The van der Waals surface area contributed by atoms with Crippen LogP contribution in [0, 0.1) is 18.8 Å². The zero-order valence-electron chi connectivity index (χ0n) is 12.6. The van der Waals surface area contributed by atoms with E-state index in [1.807, 2.05) is 23.6 Å². The summed E-state index contributed by atoms with van der Waals surface area (Å²) in [6.45, 7) is 4.20. The van der Waals surface area contributed by atoms with Gasteiger partial charge in [0, 0.05) is 18.0 Å². The number of thiophene rings is 1. The van der Waals surface area contributed by atoms with E-state index < -0.39 is 0 Å². The summed E-state index contributed by atoms with van der Waals surface area (Å²) in [5, 5.41) is 6.54. The zero-order valence-corrected chi connectivity index (χ0v) is 13.4. The summed E-state index contributed by atoms with van der Waals surface area (Å²) in [5.74, 6) is 7.38. The zero-order chi connectivity index (χ0) is 15.4. The predicted octanol–water partition coefficient (Wildman–Crippen LogP) is 4.24. The van der Waals surface area contributed by atoms with E-state index in [0.29, 0.717) is 0 Å². The minimum atomic E-state index is 0.231. The standard InChI is InChI=1S/C18H17N3S/c1-13-6-3-4-8-15(13)9-5-7-14(2)21-17-16-10-11-22-18(16)20-12-19-17/h3-4,6,8,10-12,14H,7H2,1-2H3,(H,19,20,21). The van der Waals surface area contributed by atoms with Gasteiger partial charge < -0.3 is 5.32 Å². The Bertz CT molecular complexity index is 842. The maximum Gasteiger partial charge on any atom is 0.138 e. The molecule has 0 aliphatic rings. The molecule has 0 saturated carbocycles. The third-order valence-corrected chi connectivity index (χ3v) is 4.24. The number of anilines is 1. The van der Waals surface area contributed by atoms with Crippen molar-refractivity contribution in [2.45, 2.75) is 26.3 Å². The summed E-state index contributed by atoms with van der Waals surface area (Å²) >= 11 is 1.63. The molecule has 1 unspecified atom stereocenters. The van der Waals surface area contributed by atoms with E-state index in [9.17, 15) is 0 Å². The highest BCUT2D eigenvalue weighted by Gasteiger charge is 2.07. The monoisotopic (exact) mass is 307 g/mol. The fraction of sp³-hybridized carbons (Fsp3) is 0.222. The Hall–Kier alpha value is -2.38.